The summed E-state index contributed by atoms with van der Waals surface area (Å²) < 4.78 is 5.14. The second-order valence-corrected chi connectivity index (χ2v) is 4.78. The van der Waals surface area contributed by atoms with Crippen molar-refractivity contribution in [2.45, 2.75) is 38.3 Å². The molecule has 2 fully saturated rings. The van der Waals surface area contributed by atoms with Crippen LogP contribution in [0.4, 0.5) is 4.79 Å². The van der Waals surface area contributed by atoms with Crippen LogP contribution >= 0.6 is 0 Å². The minimum atomic E-state index is -0.109. The molecular weight excluding hydrogens is 190 g/mol. The van der Waals surface area contributed by atoms with Crippen LogP contribution < -0.4 is 0 Å². The highest BCUT2D eigenvalue weighted by atomic mass is 16.6. The van der Waals surface area contributed by atoms with E-state index >= 15 is 0 Å². The Morgan fingerprint density at radius 2 is 2.33 bits per heavy atom. The van der Waals surface area contributed by atoms with Gasteiger partial charge in [0, 0.05) is 12.0 Å². The fraction of sp³-hybridized carbons (Fsp3) is 0.750. The largest absolute Gasteiger partial charge is 0.450 e. The van der Waals surface area contributed by atoms with E-state index in [-0.39, 0.29) is 6.09 Å². The zero-order chi connectivity index (χ0) is 10.4. The van der Waals surface area contributed by atoms with E-state index in [0.717, 1.165) is 18.8 Å². The van der Waals surface area contributed by atoms with Gasteiger partial charge in [-0.2, -0.15) is 0 Å². The Bertz CT molecular complexity index is 313. The second kappa shape index (κ2) is 3.26. The van der Waals surface area contributed by atoms with Crippen LogP contribution in [0.1, 0.15) is 26.2 Å². The standard InChI is InChI=1S/C12H17NO2/c1-2-15-12(14)13-9-4-5-10-8(7-9)3-6-11(10)13/h4-5,8-11H,2-3,6-7H2,1H3. The first-order valence-corrected chi connectivity index (χ1v) is 5.94. The molecule has 4 atom stereocenters. The normalized spacial score (nSPS) is 41.0. The molecule has 4 unspecified atom stereocenters. The van der Waals surface area contributed by atoms with E-state index in [4.69, 9.17) is 4.74 Å². The molecule has 4 aliphatic rings. The second-order valence-electron chi connectivity index (χ2n) is 4.78. The van der Waals surface area contributed by atoms with Crippen molar-refractivity contribution in [1.29, 1.82) is 0 Å². The zero-order valence-corrected chi connectivity index (χ0v) is 9.06. The lowest BCUT2D eigenvalue weighted by atomic mass is 9.77. The third kappa shape index (κ3) is 1.22. The number of carbonyl (C=O) groups is 1. The Kier molecular flexibility index (Phi) is 2.01. The minimum absolute atomic E-state index is 0.109. The Morgan fingerprint density at radius 1 is 1.47 bits per heavy atom. The van der Waals surface area contributed by atoms with Crippen LogP contribution in [-0.2, 0) is 4.74 Å². The van der Waals surface area contributed by atoms with Gasteiger partial charge in [0.05, 0.1) is 12.6 Å². The summed E-state index contributed by atoms with van der Waals surface area (Å²) >= 11 is 0. The summed E-state index contributed by atoms with van der Waals surface area (Å²) in [5, 5.41) is 0. The molecule has 2 heterocycles. The van der Waals surface area contributed by atoms with Crippen LogP contribution in [0.2, 0.25) is 0 Å². The molecule has 0 spiro atoms. The molecule has 4 rings (SSSR count). The van der Waals surface area contributed by atoms with Gasteiger partial charge in [-0.25, -0.2) is 4.79 Å². The van der Waals surface area contributed by atoms with Gasteiger partial charge in [-0.3, -0.25) is 4.90 Å². The van der Waals surface area contributed by atoms with Crippen LogP contribution in [0.5, 0.6) is 0 Å². The molecule has 82 valence electrons. The smallest absolute Gasteiger partial charge is 0.410 e. The summed E-state index contributed by atoms with van der Waals surface area (Å²) in [7, 11) is 0. The molecule has 1 saturated heterocycles. The molecule has 0 radical (unpaired) electrons. The first-order valence-electron chi connectivity index (χ1n) is 5.94. The fourth-order valence-electron chi connectivity index (χ4n) is 3.54. The van der Waals surface area contributed by atoms with Gasteiger partial charge in [0.1, 0.15) is 0 Å². The lowest BCUT2D eigenvalue weighted by Gasteiger charge is -2.46. The lowest BCUT2D eigenvalue weighted by molar-refractivity contribution is 0.0416. The van der Waals surface area contributed by atoms with E-state index in [0.29, 0.717) is 24.6 Å². The van der Waals surface area contributed by atoms with Crippen molar-refractivity contribution in [2.75, 3.05) is 6.61 Å². The van der Waals surface area contributed by atoms with E-state index in [9.17, 15) is 4.79 Å². The molecule has 0 N–H and O–H groups in total. The molecule has 15 heavy (non-hydrogen) atoms. The molecule has 4 bridgehead atoms. The van der Waals surface area contributed by atoms with Crippen molar-refractivity contribution in [1.82, 2.24) is 4.90 Å². The number of ether oxygens (including phenoxy) is 1. The van der Waals surface area contributed by atoms with Crippen molar-refractivity contribution in [3.05, 3.63) is 12.2 Å². The fourth-order valence-corrected chi connectivity index (χ4v) is 3.54. The molecule has 2 aliphatic heterocycles. The van der Waals surface area contributed by atoms with Gasteiger partial charge < -0.3 is 4.74 Å². The maximum absolute atomic E-state index is 11.8. The summed E-state index contributed by atoms with van der Waals surface area (Å²) in [6.45, 7) is 2.35. The summed E-state index contributed by atoms with van der Waals surface area (Å²) in [4.78, 5) is 13.8. The monoisotopic (exact) mass is 207 g/mol. The predicted octanol–water partition coefficient (Wildman–Crippen LogP) is 2.18. The Hall–Kier alpha value is -0.990. The van der Waals surface area contributed by atoms with E-state index in [2.05, 4.69) is 12.2 Å². The van der Waals surface area contributed by atoms with Crippen molar-refractivity contribution in [3.63, 3.8) is 0 Å². The highest BCUT2D eigenvalue weighted by Gasteiger charge is 2.50. The van der Waals surface area contributed by atoms with Gasteiger partial charge in [0.2, 0.25) is 0 Å². The Balaban J connectivity index is 1.86. The number of carbonyl (C=O) groups excluding carboxylic acids is 1. The molecule has 3 nitrogen and oxygen atoms in total. The van der Waals surface area contributed by atoms with Gasteiger partial charge >= 0.3 is 6.09 Å². The third-order valence-corrected chi connectivity index (χ3v) is 4.11. The number of rotatable bonds is 1. The maximum atomic E-state index is 11.8. The average Bonchev–Trinajstić information content (AvgIpc) is 2.58. The van der Waals surface area contributed by atoms with Crippen molar-refractivity contribution in [3.8, 4) is 0 Å². The van der Waals surface area contributed by atoms with Crippen LogP contribution in [0.25, 0.3) is 0 Å². The third-order valence-electron chi connectivity index (χ3n) is 4.11. The number of hydrogen-bond acceptors (Lipinski definition) is 2. The molecule has 0 aromatic carbocycles. The summed E-state index contributed by atoms with van der Waals surface area (Å²) in [5.74, 6) is 1.44. The number of nitrogens with zero attached hydrogens (tertiary/aromatic N) is 1. The molecule has 0 aromatic rings. The van der Waals surface area contributed by atoms with Gasteiger partial charge in [0.15, 0.2) is 0 Å². The van der Waals surface area contributed by atoms with Gasteiger partial charge in [-0.1, -0.05) is 12.2 Å². The average molecular weight is 207 g/mol. The first kappa shape index (κ1) is 9.25. The molecular formula is C12H17NO2. The Morgan fingerprint density at radius 3 is 3.13 bits per heavy atom. The SMILES string of the molecule is CCOC(=O)N1C2C=CC3C(CCC31)C2. The highest BCUT2D eigenvalue weighted by Crippen LogP contribution is 2.48. The van der Waals surface area contributed by atoms with Crippen molar-refractivity contribution >= 4 is 6.09 Å². The van der Waals surface area contributed by atoms with Gasteiger partial charge in [0.25, 0.3) is 0 Å². The van der Waals surface area contributed by atoms with E-state index in [1.807, 2.05) is 11.8 Å². The van der Waals surface area contributed by atoms with Gasteiger partial charge in [-0.05, 0) is 32.1 Å². The first-order chi connectivity index (χ1) is 7.31. The molecule has 1 saturated carbocycles. The molecule has 1 amide bonds. The molecule has 3 heteroatoms. The maximum Gasteiger partial charge on any atom is 0.410 e. The topological polar surface area (TPSA) is 29.5 Å². The van der Waals surface area contributed by atoms with Crippen LogP contribution in [0.3, 0.4) is 0 Å². The van der Waals surface area contributed by atoms with Crippen LogP contribution in [-0.4, -0.2) is 29.7 Å². The minimum Gasteiger partial charge on any atom is -0.450 e. The number of hydrogen-bond donors (Lipinski definition) is 0. The Labute approximate surface area is 90.1 Å². The summed E-state index contributed by atoms with van der Waals surface area (Å²) in [5.41, 5.74) is 0. The van der Waals surface area contributed by atoms with E-state index < -0.39 is 0 Å². The summed E-state index contributed by atoms with van der Waals surface area (Å²) in [6.07, 6.45) is 8.01. The van der Waals surface area contributed by atoms with Crippen LogP contribution in [0.15, 0.2) is 12.2 Å². The van der Waals surface area contributed by atoms with E-state index in [1.54, 1.807) is 0 Å². The zero-order valence-electron chi connectivity index (χ0n) is 9.06. The quantitative estimate of drug-likeness (QED) is 0.617. The van der Waals surface area contributed by atoms with Crippen molar-refractivity contribution in [2.24, 2.45) is 11.8 Å². The number of piperidine rings is 1. The summed E-state index contributed by atoms with van der Waals surface area (Å²) in [6, 6.07) is 0.740. The van der Waals surface area contributed by atoms with Gasteiger partial charge in [-0.15, -0.1) is 0 Å². The molecule has 0 aromatic heterocycles. The van der Waals surface area contributed by atoms with E-state index in [1.165, 1.54) is 6.42 Å². The lowest BCUT2D eigenvalue weighted by Crippen LogP contribution is -2.54. The number of amides is 1. The molecule has 2 aliphatic carbocycles. The highest BCUT2D eigenvalue weighted by molar-refractivity contribution is 5.69. The van der Waals surface area contributed by atoms with Crippen LogP contribution in [0, 0.1) is 11.8 Å². The van der Waals surface area contributed by atoms with Crippen molar-refractivity contribution < 1.29 is 9.53 Å². The predicted molar refractivity (Wildman–Crippen MR) is 56.4 cm³/mol.